The number of aromatic amines is 1. The van der Waals surface area contributed by atoms with Gasteiger partial charge in [-0.1, -0.05) is 0 Å². The molecule has 0 aliphatic heterocycles. The van der Waals surface area contributed by atoms with E-state index in [9.17, 15) is 14.4 Å². The fraction of sp³-hybridized carbons (Fsp3) is 0.579. The average molecular weight is 389 g/mol. The van der Waals surface area contributed by atoms with Gasteiger partial charge in [-0.15, -0.1) is 11.3 Å². The van der Waals surface area contributed by atoms with Crippen LogP contribution in [0.4, 0.5) is 0 Å². The van der Waals surface area contributed by atoms with E-state index in [1.807, 2.05) is 0 Å². The molecule has 1 amide bonds. The van der Waals surface area contributed by atoms with Crippen molar-refractivity contribution in [2.24, 2.45) is 0 Å². The minimum absolute atomic E-state index is 0.0700. The molecule has 144 valence electrons. The van der Waals surface area contributed by atoms with E-state index in [1.54, 1.807) is 18.3 Å². The number of rotatable bonds is 6. The van der Waals surface area contributed by atoms with Crippen molar-refractivity contribution in [2.45, 2.75) is 70.4 Å². The quantitative estimate of drug-likeness (QED) is 0.736. The molecule has 0 unspecified atom stereocenters. The molecule has 0 bridgehead atoms. The van der Waals surface area contributed by atoms with Crippen LogP contribution >= 0.6 is 11.3 Å². The molecule has 4 rings (SSSR count). The molecule has 2 N–H and O–H groups in total. The summed E-state index contributed by atoms with van der Waals surface area (Å²) in [6.07, 6.45) is 5.73. The van der Waals surface area contributed by atoms with Gasteiger partial charge in [0, 0.05) is 17.3 Å². The van der Waals surface area contributed by atoms with Gasteiger partial charge < -0.3 is 15.0 Å². The number of fused-ring (bicyclic) bond motifs is 3. The van der Waals surface area contributed by atoms with Crippen molar-refractivity contribution in [3.8, 4) is 0 Å². The predicted molar refractivity (Wildman–Crippen MR) is 102 cm³/mol. The number of hydrogen-bond donors (Lipinski definition) is 2. The van der Waals surface area contributed by atoms with E-state index < -0.39 is 12.1 Å². The summed E-state index contributed by atoms with van der Waals surface area (Å²) in [5, 5.41) is 3.52. The zero-order valence-corrected chi connectivity index (χ0v) is 16.1. The van der Waals surface area contributed by atoms with Crippen LogP contribution in [0.3, 0.4) is 0 Å². The number of ether oxygens (including phenoxy) is 1. The van der Waals surface area contributed by atoms with Gasteiger partial charge >= 0.3 is 5.97 Å². The highest BCUT2D eigenvalue weighted by molar-refractivity contribution is 7.18. The lowest BCUT2D eigenvalue weighted by molar-refractivity contribution is -0.154. The van der Waals surface area contributed by atoms with Crippen molar-refractivity contribution < 1.29 is 14.3 Å². The predicted octanol–water partition coefficient (Wildman–Crippen LogP) is 2.01. The van der Waals surface area contributed by atoms with E-state index in [0.717, 1.165) is 48.9 Å². The van der Waals surface area contributed by atoms with Crippen LogP contribution in [0.1, 0.15) is 55.3 Å². The second kappa shape index (κ2) is 7.42. The molecule has 0 radical (unpaired) electrons. The molecule has 1 fully saturated rings. The lowest BCUT2D eigenvalue weighted by atomic mass is 9.97. The molecule has 1 saturated carbocycles. The van der Waals surface area contributed by atoms with Crippen LogP contribution in [0.15, 0.2) is 4.79 Å². The number of nitrogens with zero attached hydrogens (tertiary/aromatic N) is 1. The summed E-state index contributed by atoms with van der Waals surface area (Å²) >= 11 is 1.59. The molecule has 8 heteroatoms. The van der Waals surface area contributed by atoms with Gasteiger partial charge in [-0.05, 0) is 51.0 Å². The third kappa shape index (κ3) is 4.05. The number of thiophene rings is 1. The maximum atomic E-state index is 12.5. The van der Waals surface area contributed by atoms with Crippen molar-refractivity contribution >= 4 is 33.4 Å². The maximum Gasteiger partial charge on any atom is 0.307 e. The molecule has 2 aliphatic rings. The van der Waals surface area contributed by atoms with E-state index in [2.05, 4.69) is 15.3 Å². The number of esters is 1. The number of nitrogens with one attached hydrogen (secondary N) is 2. The minimum atomic E-state index is -0.809. The Morgan fingerprint density at radius 2 is 2.11 bits per heavy atom. The highest BCUT2D eigenvalue weighted by Gasteiger charge is 2.27. The van der Waals surface area contributed by atoms with Crippen LogP contribution in [0.5, 0.6) is 0 Å². The fourth-order valence-corrected chi connectivity index (χ4v) is 4.68. The van der Waals surface area contributed by atoms with Gasteiger partial charge in [0.05, 0.1) is 11.8 Å². The van der Waals surface area contributed by atoms with Crippen molar-refractivity contribution in [3.05, 3.63) is 26.6 Å². The summed E-state index contributed by atoms with van der Waals surface area (Å²) in [6, 6.07) is 0.233. The summed E-state index contributed by atoms with van der Waals surface area (Å²) in [6.45, 7) is 1.57. The Morgan fingerprint density at radius 1 is 1.33 bits per heavy atom. The van der Waals surface area contributed by atoms with Crippen LogP contribution in [0, 0.1) is 0 Å². The molecule has 0 spiro atoms. The molecule has 2 aliphatic carbocycles. The highest BCUT2D eigenvalue weighted by Crippen LogP contribution is 2.33. The first kappa shape index (κ1) is 18.2. The van der Waals surface area contributed by atoms with Crippen molar-refractivity contribution in [2.75, 3.05) is 0 Å². The third-order valence-electron chi connectivity index (χ3n) is 5.04. The van der Waals surface area contributed by atoms with E-state index in [1.165, 1.54) is 4.88 Å². The lowest BCUT2D eigenvalue weighted by Gasteiger charge is -2.13. The Kier molecular flexibility index (Phi) is 4.99. The van der Waals surface area contributed by atoms with E-state index in [4.69, 9.17) is 4.74 Å². The van der Waals surface area contributed by atoms with E-state index in [-0.39, 0.29) is 30.3 Å². The normalized spacial score (nSPS) is 17.4. The standard InChI is InChI=1S/C19H23N3O4S/c1-10(17(24)20-11-6-7-11)26-15(23)9-8-14-21-18(25)16-12-4-2-3-5-13(12)27-19(16)22-14/h10-11H,2-9H2,1H3,(H,20,24)(H,21,22,25)/t10-/m0/s1. The largest absolute Gasteiger partial charge is 0.453 e. The third-order valence-corrected chi connectivity index (χ3v) is 6.23. The Morgan fingerprint density at radius 3 is 2.89 bits per heavy atom. The number of aromatic nitrogens is 2. The Balaban J connectivity index is 1.39. The average Bonchev–Trinajstić information content (AvgIpc) is 3.37. The number of H-pyrrole nitrogens is 1. The van der Waals surface area contributed by atoms with Gasteiger partial charge in [0.15, 0.2) is 6.10 Å². The van der Waals surface area contributed by atoms with Gasteiger partial charge in [0.2, 0.25) is 0 Å². The van der Waals surface area contributed by atoms with Crippen LogP contribution < -0.4 is 10.9 Å². The summed E-state index contributed by atoms with van der Waals surface area (Å²) in [4.78, 5) is 45.7. The van der Waals surface area contributed by atoms with Gasteiger partial charge in [-0.2, -0.15) is 0 Å². The second-order valence-corrected chi connectivity index (χ2v) is 8.40. The SMILES string of the molecule is C[C@H](OC(=O)CCc1nc2sc3c(c2c(=O)[nH]1)CCCC3)C(=O)NC1CC1. The van der Waals surface area contributed by atoms with Crippen LogP contribution in [-0.4, -0.2) is 34.0 Å². The first-order valence-electron chi connectivity index (χ1n) is 9.54. The molecular weight excluding hydrogens is 366 g/mol. The highest BCUT2D eigenvalue weighted by atomic mass is 32.1. The topological polar surface area (TPSA) is 101 Å². The smallest absolute Gasteiger partial charge is 0.307 e. The minimum Gasteiger partial charge on any atom is -0.453 e. The summed E-state index contributed by atoms with van der Waals surface area (Å²) in [7, 11) is 0. The number of amides is 1. The molecular formula is C19H23N3O4S. The van der Waals surface area contributed by atoms with E-state index in [0.29, 0.717) is 11.2 Å². The number of hydrogen-bond acceptors (Lipinski definition) is 6. The summed E-state index contributed by atoms with van der Waals surface area (Å²) in [5.74, 6) is -0.247. The van der Waals surface area contributed by atoms with Crippen molar-refractivity contribution in [1.29, 1.82) is 0 Å². The molecule has 1 atom stereocenters. The number of carbonyl (C=O) groups excluding carboxylic acids is 2. The lowest BCUT2D eigenvalue weighted by Crippen LogP contribution is -2.37. The zero-order valence-electron chi connectivity index (χ0n) is 15.3. The van der Waals surface area contributed by atoms with Crippen molar-refractivity contribution in [3.63, 3.8) is 0 Å². The Labute approximate surface area is 160 Å². The zero-order chi connectivity index (χ0) is 19.0. The molecule has 0 saturated heterocycles. The molecule has 27 heavy (non-hydrogen) atoms. The molecule has 2 aromatic rings. The summed E-state index contributed by atoms with van der Waals surface area (Å²) < 4.78 is 5.18. The molecule has 0 aromatic carbocycles. The monoisotopic (exact) mass is 389 g/mol. The molecule has 2 aromatic heterocycles. The van der Waals surface area contributed by atoms with Gasteiger partial charge in [-0.25, -0.2) is 4.98 Å². The Bertz CT molecular complexity index is 944. The van der Waals surface area contributed by atoms with Crippen LogP contribution in [0.25, 0.3) is 10.2 Å². The number of aryl methyl sites for hydroxylation is 3. The summed E-state index contributed by atoms with van der Waals surface area (Å²) in [5.41, 5.74) is 1.02. The second-order valence-electron chi connectivity index (χ2n) is 7.32. The van der Waals surface area contributed by atoms with Crippen LogP contribution in [-0.2, 0) is 33.6 Å². The van der Waals surface area contributed by atoms with Gasteiger partial charge in [-0.3, -0.25) is 14.4 Å². The maximum absolute atomic E-state index is 12.5. The number of carbonyl (C=O) groups is 2. The Hall–Kier alpha value is -2.22. The first-order chi connectivity index (χ1) is 13.0. The fourth-order valence-electron chi connectivity index (χ4n) is 3.40. The van der Waals surface area contributed by atoms with Crippen molar-refractivity contribution in [1.82, 2.24) is 15.3 Å². The van der Waals surface area contributed by atoms with Gasteiger partial charge in [0.1, 0.15) is 10.7 Å². The first-order valence-corrected chi connectivity index (χ1v) is 10.4. The molecule has 7 nitrogen and oxygen atoms in total. The van der Waals surface area contributed by atoms with E-state index >= 15 is 0 Å². The van der Waals surface area contributed by atoms with Gasteiger partial charge in [0.25, 0.3) is 11.5 Å². The van der Waals surface area contributed by atoms with Crippen LogP contribution in [0.2, 0.25) is 0 Å². The molecule has 2 heterocycles.